The Kier molecular flexibility index (Phi) is 2.91. The number of nitrogens with two attached hydrogens (primary N) is 1. The molecular weight excluding hydrogens is 208 g/mol. The third-order valence-corrected chi connectivity index (χ3v) is 2.42. The van der Waals surface area contributed by atoms with E-state index < -0.39 is 0 Å². The summed E-state index contributed by atoms with van der Waals surface area (Å²) in [4.78, 5) is 4.32. The van der Waals surface area contributed by atoms with E-state index in [-0.39, 0.29) is 5.11 Å². The van der Waals surface area contributed by atoms with Crippen LogP contribution in [0.1, 0.15) is 24.1 Å². The van der Waals surface area contributed by atoms with Gasteiger partial charge >= 0.3 is 0 Å². The molecule has 0 aliphatic heterocycles. The molecule has 1 aromatic heterocycles. The number of hydrazone groups is 1. The number of aryl methyl sites for hydroxylation is 1. The van der Waals surface area contributed by atoms with Crippen LogP contribution in [0.3, 0.4) is 0 Å². The van der Waals surface area contributed by atoms with Gasteiger partial charge in [-0.2, -0.15) is 5.10 Å². The smallest absolute Gasteiger partial charge is 0.184 e. The molecule has 0 amide bonds. The lowest BCUT2D eigenvalue weighted by Gasteiger charge is -2.16. The van der Waals surface area contributed by atoms with Crippen LogP contribution in [0.15, 0.2) is 23.4 Å². The van der Waals surface area contributed by atoms with Gasteiger partial charge in [0.2, 0.25) is 0 Å². The fourth-order valence-electron chi connectivity index (χ4n) is 1.70. The van der Waals surface area contributed by atoms with Crippen LogP contribution in [0.2, 0.25) is 0 Å². The van der Waals surface area contributed by atoms with Crippen LogP contribution in [0.25, 0.3) is 0 Å². The Morgan fingerprint density at radius 2 is 2.40 bits per heavy atom. The van der Waals surface area contributed by atoms with Crippen molar-refractivity contribution in [3.05, 3.63) is 29.6 Å². The lowest BCUT2D eigenvalue weighted by atomic mass is 9.95. The molecular formula is C10H12N4S. The van der Waals surface area contributed by atoms with Crippen LogP contribution in [0.4, 0.5) is 0 Å². The van der Waals surface area contributed by atoms with E-state index in [9.17, 15) is 0 Å². The molecule has 0 saturated heterocycles. The van der Waals surface area contributed by atoms with E-state index in [4.69, 9.17) is 18.0 Å². The van der Waals surface area contributed by atoms with Crippen LogP contribution in [-0.2, 0) is 6.42 Å². The van der Waals surface area contributed by atoms with Crippen molar-refractivity contribution in [2.24, 2.45) is 10.8 Å². The van der Waals surface area contributed by atoms with E-state index in [0.717, 1.165) is 30.7 Å². The summed E-state index contributed by atoms with van der Waals surface area (Å²) in [5.41, 5.74) is 11.1. The summed E-state index contributed by atoms with van der Waals surface area (Å²) < 4.78 is 0. The fourth-order valence-corrected chi connectivity index (χ4v) is 1.74. The molecule has 0 fully saturated rings. The molecule has 5 heteroatoms. The van der Waals surface area contributed by atoms with Crippen molar-refractivity contribution in [3.63, 3.8) is 0 Å². The maximum absolute atomic E-state index is 5.32. The molecule has 1 heterocycles. The monoisotopic (exact) mass is 220 g/mol. The van der Waals surface area contributed by atoms with Gasteiger partial charge in [0, 0.05) is 6.20 Å². The molecule has 1 aliphatic rings. The van der Waals surface area contributed by atoms with Gasteiger partial charge in [0.05, 0.1) is 11.4 Å². The highest BCUT2D eigenvalue weighted by molar-refractivity contribution is 7.80. The number of hydrogen-bond donors (Lipinski definition) is 2. The molecule has 0 unspecified atom stereocenters. The number of rotatable bonds is 1. The van der Waals surface area contributed by atoms with Crippen molar-refractivity contribution < 1.29 is 0 Å². The van der Waals surface area contributed by atoms with Crippen molar-refractivity contribution in [3.8, 4) is 0 Å². The van der Waals surface area contributed by atoms with Gasteiger partial charge in [-0.3, -0.25) is 10.4 Å². The Balaban J connectivity index is 2.29. The van der Waals surface area contributed by atoms with Crippen molar-refractivity contribution in [1.82, 2.24) is 10.4 Å². The maximum atomic E-state index is 5.32. The van der Waals surface area contributed by atoms with Crippen molar-refractivity contribution in [2.45, 2.75) is 19.3 Å². The van der Waals surface area contributed by atoms with Crippen LogP contribution in [-0.4, -0.2) is 15.8 Å². The predicted octanol–water partition coefficient (Wildman–Crippen LogP) is 0.955. The second-order valence-electron chi connectivity index (χ2n) is 3.40. The van der Waals surface area contributed by atoms with Gasteiger partial charge in [0.1, 0.15) is 0 Å². The van der Waals surface area contributed by atoms with E-state index in [2.05, 4.69) is 21.6 Å². The summed E-state index contributed by atoms with van der Waals surface area (Å²) in [6.07, 6.45) is 4.85. The van der Waals surface area contributed by atoms with Gasteiger partial charge in [-0.1, -0.05) is 6.07 Å². The first-order valence-electron chi connectivity index (χ1n) is 4.83. The van der Waals surface area contributed by atoms with Gasteiger partial charge in [-0.25, -0.2) is 0 Å². The Labute approximate surface area is 93.6 Å². The van der Waals surface area contributed by atoms with E-state index in [1.54, 1.807) is 6.20 Å². The zero-order valence-corrected chi connectivity index (χ0v) is 9.05. The normalized spacial score (nSPS) is 17.2. The van der Waals surface area contributed by atoms with Crippen molar-refractivity contribution >= 4 is 23.0 Å². The minimum Gasteiger partial charge on any atom is -0.375 e. The van der Waals surface area contributed by atoms with Gasteiger partial charge < -0.3 is 5.73 Å². The summed E-state index contributed by atoms with van der Waals surface area (Å²) in [7, 11) is 0. The quantitative estimate of drug-likeness (QED) is 0.546. The Bertz CT molecular complexity index is 414. The number of hydrogen-bond acceptors (Lipinski definition) is 3. The zero-order chi connectivity index (χ0) is 10.7. The van der Waals surface area contributed by atoms with Gasteiger partial charge in [-0.05, 0) is 43.1 Å². The van der Waals surface area contributed by atoms with Crippen LogP contribution < -0.4 is 11.2 Å². The number of thiocarbonyl (C=S) groups is 1. The minimum atomic E-state index is 0.186. The molecule has 15 heavy (non-hydrogen) atoms. The molecule has 0 spiro atoms. The molecule has 1 aliphatic carbocycles. The number of fused-ring (bicyclic) bond motifs is 1. The van der Waals surface area contributed by atoms with E-state index in [0.29, 0.717) is 0 Å². The molecule has 78 valence electrons. The van der Waals surface area contributed by atoms with Crippen molar-refractivity contribution in [1.29, 1.82) is 0 Å². The molecule has 1 aromatic rings. The molecule has 4 nitrogen and oxygen atoms in total. The summed E-state index contributed by atoms with van der Waals surface area (Å²) in [6, 6.07) is 4.03. The second-order valence-corrected chi connectivity index (χ2v) is 3.84. The fraction of sp³-hybridized carbons (Fsp3) is 0.300. The number of nitrogens with one attached hydrogen (secondary N) is 1. The molecule has 3 N–H and O–H groups in total. The van der Waals surface area contributed by atoms with Gasteiger partial charge in [-0.15, -0.1) is 0 Å². The predicted molar refractivity (Wildman–Crippen MR) is 63.6 cm³/mol. The topological polar surface area (TPSA) is 63.3 Å². The SMILES string of the molecule is NC(=S)NN=C1CCCc2cccnc21. The zero-order valence-electron chi connectivity index (χ0n) is 8.23. The molecule has 0 radical (unpaired) electrons. The third-order valence-electron chi connectivity index (χ3n) is 2.33. The van der Waals surface area contributed by atoms with Crippen LogP contribution in [0, 0.1) is 0 Å². The van der Waals surface area contributed by atoms with E-state index in [1.165, 1.54) is 5.56 Å². The highest BCUT2D eigenvalue weighted by Gasteiger charge is 2.16. The Morgan fingerprint density at radius 1 is 1.53 bits per heavy atom. The molecule has 0 atom stereocenters. The van der Waals surface area contributed by atoms with Crippen LogP contribution >= 0.6 is 12.2 Å². The van der Waals surface area contributed by atoms with E-state index >= 15 is 0 Å². The van der Waals surface area contributed by atoms with Crippen LogP contribution in [0.5, 0.6) is 0 Å². The lowest BCUT2D eigenvalue weighted by Crippen LogP contribution is -2.27. The average molecular weight is 220 g/mol. The first kappa shape index (κ1) is 10.0. The first-order valence-corrected chi connectivity index (χ1v) is 5.24. The highest BCUT2D eigenvalue weighted by Crippen LogP contribution is 2.18. The average Bonchev–Trinajstić information content (AvgIpc) is 2.26. The summed E-state index contributed by atoms with van der Waals surface area (Å²) in [5.74, 6) is 0. The number of aromatic nitrogens is 1. The standard InChI is InChI=1S/C10H12N4S/c11-10(15)14-13-8-5-1-3-7-4-2-6-12-9(7)8/h2,4,6H,1,3,5H2,(H3,11,14,15). The first-order chi connectivity index (χ1) is 7.27. The van der Waals surface area contributed by atoms with E-state index in [1.807, 2.05) is 6.07 Å². The minimum absolute atomic E-state index is 0.186. The number of pyridine rings is 1. The largest absolute Gasteiger partial charge is 0.375 e. The summed E-state index contributed by atoms with van der Waals surface area (Å²) in [5, 5.41) is 4.35. The molecule has 0 saturated carbocycles. The number of nitrogens with zero attached hydrogens (tertiary/aromatic N) is 2. The summed E-state index contributed by atoms with van der Waals surface area (Å²) >= 11 is 4.70. The van der Waals surface area contributed by atoms with Crippen molar-refractivity contribution in [2.75, 3.05) is 0 Å². The molecule has 2 rings (SSSR count). The van der Waals surface area contributed by atoms with Gasteiger partial charge in [0.25, 0.3) is 0 Å². The Hall–Kier alpha value is -1.49. The molecule has 0 aromatic carbocycles. The maximum Gasteiger partial charge on any atom is 0.184 e. The molecule has 0 bridgehead atoms. The second kappa shape index (κ2) is 4.35. The summed E-state index contributed by atoms with van der Waals surface area (Å²) in [6.45, 7) is 0. The lowest BCUT2D eigenvalue weighted by molar-refractivity contribution is 0.816. The van der Waals surface area contributed by atoms with Gasteiger partial charge in [0.15, 0.2) is 5.11 Å². The Morgan fingerprint density at radius 3 is 3.20 bits per heavy atom. The third kappa shape index (κ3) is 2.30. The highest BCUT2D eigenvalue weighted by atomic mass is 32.1.